The van der Waals surface area contributed by atoms with Gasteiger partial charge in [-0.25, -0.2) is 9.78 Å². The number of aliphatic carboxylic acids is 1. The molecule has 0 radical (unpaired) electrons. The van der Waals surface area contributed by atoms with E-state index in [1.165, 1.54) is 45.6 Å². The molecule has 4 heterocycles. The van der Waals surface area contributed by atoms with Gasteiger partial charge in [0.1, 0.15) is 27.8 Å². The highest BCUT2D eigenvalue weighted by molar-refractivity contribution is 8.18. The number of hydrogen-bond acceptors (Lipinski definition) is 13. The van der Waals surface area contributed by atoms with Gasteiger partial charge >= 0.3 is 5.97 Å². The molecule has 4 rings (SSSR count). The van der Waals surface area contributed by atoms with E-state index in [2.05, 4.69) is 30.9 Å². The minimum atomic E-state index is -1.22. The van der Waals surface area contributed by atoms with Crippen molar-refractivity contribution in [3.8, 4) is 0 Å². The quantitative estimate of drug-likeness (QED) is 0.0735. The molecule has 2 atom stereocenters. The Morgan fingerprint density at radius 1 is 1.38 bits per heavy atom. The summed E-state index contributed by atoms with van der Waals surface area (Å²) in [5.74, 6) is -2.25. The summed E-state index contributed by atoms with van der Waals surface area (Å²) in [6.07, 6.45) is 1.56. The Morgan fingerprint density at radius 2 is 2.15 bits per heavy atom. The number of thioether (sulfide) groups is 3. The third-order valence-corrected chi connectivity index (χ3v) is 8.59. The predicted octanol–water partition coefficient (Wildman–Crippen LogP) is 1.04. The number of carboxylic acids is 1. The number of nitrogens with zero attached hydrogens (tertiary/aromatic N) is 5. The second-order valence-corrected chi connectivity index (χ2v) is 10.6. The van der Waals surface area contributed by atoms with Crippen LogP contribution in [0.4, 0.5) is 5.13 Å². The van der Waals surface area contributed by atoms with Gasteiger partial charge in [-0.15, -0.1) is 64.8 Å². The summed E-state index contributed by atoms with van der Waals surface area (Å²) in [6.45, 7) is 0. The highest BCUT2D eigenvalue weighted by Gasteiger charge is 2.54. The molecule has 2 aromatic heterocycles. The molecular weight excluding hydrogens is 571 g/mol. The molecule has 184 valence electrons. The van der Waals surface area contributed by atoms with Crippen LogP contribution >= 0.6 is 71.4 Å². The largest absolute Gasteiger partial charge is 0.477 e. The maximum atomic E-state index is 12.7. The monoisotopic (exact) mass is 586 g/mol. The van der Waals surface area contributed by atoms with Crippen molar-refractivity contribution in [3.63, 3.8) is 0 Å². The van der Waals surface area contributed by atoms with Crippen molar-refractivity contribution >= 4 is 100 Å². The van der Waals surface area contributed by atoms with Crippen molar-refractivity contribution in [3.05, 3.63) is 27.9 Å². The number of thiazole rings is 1. The van der Waals surface area contributed by atoms with E-state index >= 15 is 0 Å². The molecule has 0 aliphatic carbocycles. The lowest BCUT2D eigenvalue weighted by atomic mass is 10.0. The first kappa shape index (κ1) is 28.1. The number of carbonyl (C=O) groups excluding carboxylic acids is 2. The topological polar surface area (TPSA) is 200 Å². The van der Waals surface area contributed by atoms with Crippen molar-refractivity contribution in [2.75, 3.05) is 16.6 Å². The Balaban J connectivity index is 0.00000204. The molecule has 0 unspecified atom stereocenters. The highest BCUT2D eigenvalue weighted by atomic mass is 35.5. The Morgan fingerprint density at radius 3 is 2.74 bits per heavy atom. The minimum Gasteiger partial charge on any atom is -0.477 e. The van der Waals surface area contributed by atoms with Gasteiger partial charge in [0.15, 0.2) is 10.8 Å². The fourth-order valence-electron chi connectivity index (χ4n) is 2.94. The summed E-state index contributed by atoms with van der Waals surface area (Å²) in [7, 11) is 0. The molecule has 6 N–H and O–H groups in total. The van der Waals surface area contributed by atoms with Crippen LogP contribution in [0.5, 0.6) is 0 Å². The van der Waals surface area contributed by atoms with Crippen LogP contribution in [0, 0.1) is 0 Å². The Bertz CT molecular complexity index is 1130. The summed E-state index contributed by atoms with van der Waals surface area (Å²) in [5, 5.41) is 36.7. The average Bonchev–Trinajstić information content (AvgIpc) is 3.44. The standard InChI is InChI=1S/C15H14N8O5S4.2ClH/c16-15-18-5(2-30-15)8(21-28)11(24)19-9-12(25)23-10(14(26)27)6(3-29-13(9)23)31-4-32-7-1-17-22-20-7;;/h1-2,9,13,28H,3-4H2,(H2,16,18)(H,19,24)(H,26,27)(H,17,20,22);2*1H/b21-8+;;/t9-,13-;;/m1../s1. The second kappa shape index (κ2) is 12.0. The number of H-pyrrole nitrogens is 1. The van der Waals surface area contributed by atoms with E-state index in [1.807, 2.05) is 0 Å². The van der Waals surface area contributed by atoms with Crippen LogP contribution in [0.1, 0.15) is 5.69 Å². The van der Waals surface area contributed by atoms with Crippen LogP contribution in [0.25, 0.3) is 0 Å². The number of fused-ring (bicyclic) bond motifs is 1. The van der Waals surface area contributed by atoms with E-state index in [4.69, 9.17) is 5.73 Å². The number of rotatable bonds is 8. The van der Waals surface area contributed by atoms with E-state index in [0.717, 1.165) is 11.3 Å². The van der Waals surface area contributed by atoms with Crippen molar-refractivity contribution in [2.24, 2.45) is 5.16 Å². The molecule has 0 saturated carbocycles. The summed E-state index contributed by atoms with van der Waals surface area (Å²) in [5.41, 5.74) is 5.12. The van der Waals surface area contributed by atoms with E-state index in [-0.39, 0.29) is 47.0 Å². The van der Waals surface area contributed by atoms with Gasteiger partial charge in [-0.2, -0.15) is 10.3 Å². The van der Waals surface area contributed by atoms with Crippen molar-refractivity contribution in [1.82, 2.24) is 30.6 Å². The number of nitrogen functional groups attached to an aromatic ring is 1. The van der Waals surface area contributed by atoms with Crippen molar-refractivity contribution in [1.29, 1.82) is 0 Å². The second-order valence-electron chi connectivity index (χ2n) is 6.17. The number of β-lactam (4-membered cyclic amide) rings is 1. The molecule has 2 aliphatic rings. The minimum absolute atomic E-state index is 0. The molecule has 0 aromatic carbocycles. The van der Waals surface area contributed by atoms with Gasteiger partial charge in [0.25, 0.3) is 11.8 Å². The SMILES string of the molecule is Cl.Cl.Nc1nc(/C(=N\O)C(=O)N[C@@H]2C(=O)N3C(C(=O)O)=C(SCSc4cn[nH]n4)CS[C@H]23)cs1. The van der Waals surface area contributed by atoms with Gasteiger partial charge in [0, 0.05) is 16.0 Å². The first-order chi connectivity index (χ1) is 15.4. The summed E-state index contributed by atoms with van der Waals surface area (Å²) < 4.78 is 0. The fourth-order valence-corrected chi connectivity index (χ4v) is 7.06. The summed E-state index contributed by atoms with van der Waals surface area (Å²) in [6, 6.07) is -0.967. The van der Waals surface area contributed by atoms with Gasteiger partial charge in [-0.1, -0.05) is 16.9 Å². The number of nitrogens with two attached hydrogens (primary N) is 1. The number of aromatic amines is 1. The van der Waals surface area contributed by atoms with E-state index < -0.39 is 29.2 Å². The zero-order valence-electron chi connectivity index (χ0n) is 16.6. The van der Waals surface area contributed by atoms with Gasteiger partial charge in [-0.05, 0) is 0 Å². The van der Waals surface area contributed by atoms with Crippen LogP contribution < -0.4 is 11.1 Å². The van der Waals surface area contributed by atoms with Gasteiger partial charge in [0.05, 0.1) is 11.3 Å². The average molecular weight is 588 g/mol. The summed E-state index contributed by atoms with van der Waals surface area (Å²) in [4.78, 5) is 42.8. The number of nitrogens with one attached hydrogen (secondary N) is 2. The van der Waals surface area contributed by atoms with E-state index in [1.54, 1.807) is 6.20 Å². The Kier molecular flexibility index (Phi) is 9.89. The molecule has 34 heavy (non-hydrogen) atoms. The van der Waals surface area contributed by atoms with Crippen molar-refractivity contribution in [2.45, 2.75) is 16.4 Å². The number of anilines is 1. The molecule has 0 spiro atoms. The van der Waals surface area contributed by atoms with Crippen LogP contribution in [0.3, 0.4) is 0 Å². The summed E-state index contributed by atoms with van der Waals surface area (Å²) >= 11 is 5.08. The molecule has 19 heteroatoms. The lowest BCUT2D eigenvalue weighted by molar-refractivity contribution is -0.150. The highest BCUT2D eigenvalue weighted by Crippen LogP contribution is 2.44. The molecule has 2 aliphatic heterocycles. The van der Waals surface area contributed by atoms with Crippen LogP contribution in [0.2, 0.25) is 0 Å². The molecule has 1 fully saturated rings. The number of hydrogen-bond donors (Lipinski definition) is 5. The number of aromatic nitrogens is 4. The number of carboxylic acid groups (broad SMARTS) is 1. The van der Waals surface area contributed by atoms with Crippen LogP contribution in [-0.4, -0.2) is 81.4 Å². The van der Waals surface area contributed by atoms with Gasteiger partial charge < -0.3 is 21.4 Å². The smallest absolute Gasteiger partial charge is 0.353 e. The number of amides is 2. The van der Waals surface area contributed by atoms with E-state index in [9.17, 15) is 24.7 Å². The Labute approximate surface area is 220 Å². The van der Waals surface area contributed by atoms with Gasteiger partial charge in [-0.3, -0.25) is 14.5 Å². The zero-order valence-corrected chi connectivity index (χ0v) is 21.5. The maximum absolute atomic E-state index is 12.7. The number of halogens is 2. The molecule has 0 bridgehead atoms. The molecule has 1 saturated heterocycles. The first-order valence-electron chi connectivity index (χ1n) is 8.67. The number of carbonyl (C=O) groups is 3. The maximum Gasteiger partial charge on any atom is 0.353 e. The van der Waals surface area contributed by atoms with Crippen LogP contribution in [-0.2, 0) is 14.4 Å². The third kappa shape index (κ3) is 5.55. The Hall–Kier alpha value is -2.18. The molecule has 13 nitrogen and oxygen atoms in total. The molecular formula is C15H16Cl2N8O5S4. The van der Waals surface area contributed by atoms with E-state index in [0.29, 0.717) is 20.8 Å². The number of oxime groups is 1. The zero-order chi connectivity index (χ0) is 22.8. The third-order valence-electron chi connectivity index (χ3n) is 4.34. The lowest BCUT2D eigenvalue weighted by Crippen LogP contribution is -2.71. The molecule has 2 amide bonds. The van der Waals surface area contributed by atoms with Gasteiger partial charge in [0.2, 0.25) is 0 Å². The fraction of sp³-hybridized carbons (Fsp3) is 0.267. The van der Waals surface area contributed by atoms with Crippen LogP contribution in [0.15, 0.2) is 32.4 Å². The van der Waals surface area contributed by atoms with Crippen molar-refractivity contribution < 1.29 is 24.7 Å². The molecule has 2 aromatic rings. The first-order valence-corrected chi connectivity index (χ1v) is 12.6. The normalized spacial score (nSPS) is 19.5. The predicted molar refractivity (Wildman–Crippen MR) is 134 cm³/mol. The lowest BCUT2D eigenvalue weighted by Gasteiger charge is -2.49.